The molecule has 2 aliphatic rings. The van der Waals surface area contributed by atoms with E-state index in [0.29, 0.717) is 12.1 Å². The maximum atomic E-state index is 4.40. The Kier molecular flexibility index (Phi) is 3.80. The molecule has 2 saturated heterocycles. The Morgan fingerprint density at radius 2 is 2.00 bits per heavy atom. The van der Waals surface area contributed by atoms with Gasteiger partial charge in [0.1, 0.15) is 0 Å². The molecule has 3 atom stereocenters. The Balaban J connectivity index is 1.62. The second kappa shape index (κ2) is 5.55. The van der Waals surface area contributed by atoms with E-state index < -0.39 is 0 Å². The van der Waals surface area contributed by atoms with Crippen molar-refractivity contribution in [2.45, 2.75) is 63.2 Å². The fraction of sp³-hybridized carbons (Fsp3) is 0.733. The first-order valence-electron chi connectivity index (χ1n) is 7.48. The number of piperidine rings is 2. The van der Waals surface area contributed by atoms with Crippen LogP contribution in [0.25, 0.3) is 0 Å². The maximum Gasteiger partial charge on any atom is 0.0753 e. The van der Waals surface area contributed by atoms with Gasteiger partial charge in [0.2, 0.25) is 0 Å². The van der Waals surface area contributed by atoms with Crippen LogP contribution in [0, 0.1) is 0 Å². The van der Waals surface area contributed by atoms with Crippen molar-refractivity contribution in [3.63, 3.8) is 0 Å². The van der Waals surface area contributed by atoms with Gasteiger partial charge in [-0.05, 0) is 39.7 Å². The smallest absolute Gasteiger partial charge is 0.0753 e. The number of nitrogens with one attached hydrogen (secondary N) is 1. The molecule has 3 unspecified atom stereocenters. The zero-order chi connectivity index (χ0) is 13.2. The topological polar surface area (TPSA) is 41.0 Å². The van der Waals surface area contributed by atoms with Crippen molar-refractivity contribution in [2.75, 3.05) is 7.05 Å². The van der Waals surface area contributed by atoms with Crippen LogP contribution in [0.3, 0.4) is 0 Å². The number of hydrogen-bond acceptors (Lipinski definition) is 4. The quantitative estimate of drug-likeness (QED) is 0.904. The predicted octanol–water partition coefficient (Wildman–Crippen LogP) is 2.14. The van der Waals surface area contributed by atoms with Gasteiger partial charge in [-0.1, -0.05) is 6.42 Å². The summed E-state index contributed by atoms with van der Waals surface area (Å²) in [6.07, 6.45) is 12.1. The lowest BCUT2D eigenvalue weighted by molar-refractivity contribution is 0.0461. The molecule has 2 bridgehead atoms. The van der Waals surface area contributed by atoms with Gasteiger partial charge in [0.25, 0.3) is 0 Å². The van der Waals surface area contributed by atoms with Gasteiger partial charge in [-0.3, -0.25) is 9.97 Å². The van der Waals surface area contributed by atoms with Crippen molar-refractivity contribution in [3.8, 4) is 0 Å². The van der Waals surface area contributed by atoms with E-state index in [1.807, 2.05) is 6.20 Å². The van der Waals surface area contributed by atoms with Crippen molar-refractivity contribution in [1.82, 2.24) is 20.2 Å². The Morgan fingerprint density at radius 3 is 2.63 bits per heavy atom. The normalized spacial score (nSPS) is 33.1. The van der Waals surface area contributed by atoms with Crippen LogP contribution in [0.1, 0.15) is 50.8 Å². The molecule has 4 heteroatoms. The fourth-order valence-corrected chi connectivity index (χ4v) is 3.73. The molecule has 0 aliphatic carbocycles. The lowest BCUT2D eigenvalue weighted by atomic mass is 9.82. The van der Waals surface area contributed by atoms with E-state index in [4.69, 9.17) is 0 Å². The summed E-state index contributed by atoms with van der Waals surface area (Å²) in [4.78, 5) is 11.2. The van der Waals surface area contributed by atoms with Gasteiger partial charge in [0.05, 0.1) is 5.69 Å². The van der Waals surface area contributed by atoms with Crippen LogP contribution in [-0.2, 0) is 0 Å². The second-order valence-corrected chi connectivity index (χ2v) is 6.09. The lowest BCUT2D eigenvalue weighted by Gasteiger charge is -2.47. The molecule has 0 aromatic carbocycles. The Hall–Kier alpha value is -1.00. The third-order valence-electron chi connectivity index (χ3n) is 4.85. The summed E-state index contributed by atoms with van der Waals surface area (Å²) in [6, 6.07) is 2.48. The van der Waals surface area contributed by atoms with E-state index in [0.717, 1.165) is 17.8 Å². The standard InChI is InChI=1S/C15H24N4/c1-11(15-10-16-6-7-17-15)18-12-8-13-4-3-5-14(9-12)19(13)2/h6-7,10-14,18H,3-5,8-9H2,1-2H3. The third kappa shape index (κ3) is 2.79. The van der Waals surface area contributed by atoms with Crippen LogP contribution in [0.2, 0.25) is 0 Å². The minimum Gasteiger partial charge on any atom is -0.306 e. The highest BCUT2D eigenvalue weighted by molar-refractivity contribution is 5.02. The molecule has 1 aromatic rings. The summed E-state index contributed by atoms with van der Waals surface area (Å²) in [7, 11) is 2.30. The molecule has 1 N–H and O–H groups in total. The average Bonchev–Trinajstić information content (AvgIpc) is 2.41. The number of fused-ring (bicyclic) bond motifs is 2. The molecule has 2 aliphatic heterocycles. The molecule has 3 rings (SSSR count). The highest BCUT2D eigenvalue weighted by Crippen LogP contribution is 2.33. The van der Waals surface area contributed by atoms with Crippen LogP contribution >= 0.6 is 0 Å². The molecule has 0 saturated carbocycles. The molecule has 19 heavy (non-hydrogen) atoms. The molecule has 0 amide bonds. The predicted molar refractivity (Wildman–Crippen MR) is 75.8 cm³/mol. The first-order valence-corrected chi connectivity index (χ1v) is 7.48. The van der Waals surface area contributed by atoms with Crippen LogP contribution in [-0.4, -0.2) is 40.0 Å². The van der Waals surface area contributed by atoms with Crippen LogP contribution in [0.5, 0.6) is 0 Å². The highest BCUT2D eigenvalue weighted by atomic mass is 15.2. The summed E-state index contributed by atoms with van der Waals surface area (Å²) >= 11 is 0. The highest BCUT2D eigenvalue weighted by Gasteiger charge is 2.36. The SMILES string of the molecule is CC(NC1CC2CCCC(C1)N2C)c1cnccn1. The monoisotopic (exact) mass is 260 g/mol. The van der Waals surface area contributed by atoms with Gasteiger partial charge < -0.3 is 10.2 Å². The Bertz CT molecular complexity index is 394. The number of rotatable bonds is 3. The van der Waals surface area contributed by atoms with Crippen molar-refractivity contribution < 1.29 is 0 Å². The van der Waals surface area contributed by atoms with E-state index in [1.54, 1.807) is 12.4 Å². The van der Waals surface area contributed by atoms with Crippen LogP contribution < -0.4 is 5.32 Å². The number of aromatic nitrogens is 2. The fourth-order valence-electron chi connectivity index (χ4n) is 3.73. The summed E-state index contributed by atoms with van der Waals surface area (Å²) in [5.41, 5.74) is 1.05. The van der Waals surface area contributed by atoms with E-state index in [9.17, 15) is 0 Å². The number of hydrogen-bond donors (Lipinski definition) is 1. The Labute approximate surface area is 115 Å². The summed E-state index contributed by atoms with van der Waals surface area (Å²) in [5, 5.41) is 3.76. The minimum absolute atomic E-state index is 0.294. The molecule has 1 aromatic heterocycles. The van der Waals surface area contributed by atoms with E-state index in [-0.39, 0.29) is 0 Å². The second-order valence-electron chi connectivity index (χ2n) is 6.09. The minimum atomic E-state index is 0.294. The average molecular weight is 260 g/mol. The van der Waals surface area contributed by atoms with Crippen LogP contribution in [0.4, 0.5) is 0 Å². The zero-order valence-corrected chi connectivity index (χ0v) is 11.9. The van der Waals surface area contributed by atoms with Gasteiger partial charge in [-0.15, -0.1) is 0 Å². The third-order valence-corrected chi connectivity index (χ3v) is 4.85. The molecule has 3 heterocycles. The van der Waals surface area contributed by atoms with Gasteiger partial charge in [-0.25, -0.2) is 0 Å². The molecular formula is C15H24N4. The van der Waals surface area contributed by atoms with Gasteiger partial charge >= 0.3 is 0 Å². The summed E-state index contributed by atoms with van der Waals surface area (Å²) in [6.45, 7) is 2.19. The maximum absolute atomic E-state index is 4.40. The van der Waals surface area contributed by atoms with Gasteiger partial charge in [-0.2, -0.15) is 0 Å². The summed E-state index contributed by atoms with van der Waals surface area (Å²) in [5.74, 6) is 0. The first-order chi connectivity index (χ1) is 9.24. The zero-order valence-electron chi connectivity index (χ0n) is 11.9. The van der Waals surface area contributed by atoms with Crippen molar-refractivity contribution >= 4 is 0 Å². The molecule has 104 valence electrons. The molecule has 0 spiro atoms. The molecule has 0 radical (unpaired) electrons. The largest absolute Gasteiger partial charge is 0.306 e. The van der Waals surface area contributed by atoms with Crippen molar-refractivity contribution in [2.24, 2.45) is 0 Å². The molecule has 2 fully saturated rings. The van der Waals surface area contributed by atoms with Crippen molar-refractivity contribution in [1.29, 1.82) is 0 Å². The first kappa shape index (κ1) is 13.0. The van der Waals surface area contributed by atoms with Gasteiger partial charge in [0.15, 0.2) is 0 Å². The van der Waals surface area contributed by atoms with E-state index in [1.165, 1.54) is 32.1 Å². The van der Waals surface area contributed by atoms with E-state index in [2.05, 4.69) is 34.2 Å². The van der Waals surface area contributed by atoms with E-state index >= 15 is 0 Å². The number of nitrogens with zero attached hydrogens (tertiary/aromatic N) is 3. The Morgan fingerprint density at radius 1 is 1.26 bits per heavy atom. The van der Waals surface area contributed by atoms with Gasteiger partial charge in [0, 0.05) is 42.8 Å². The summed E-state index contributed by atoms with van der Waals surface area (Å²) < 4.78 is 0. The molecule has 4 nitrogen and oxygen atoms in total. The van der Waals surface area contributed by atoms with Crippen LogP contribution in [0.15, 0.2) is 18.6 Å². The van der Waals surface area contributed by atoms with Crippen molar-refractivity contribution in [3.05, 3.63) is 24.3 Å². The molecular weight excluding hydrogens is 236 g/mol. The lowest BCUT2D eigenvalue weighted by Crippen LogP contribution is -2.54.